The number of nitrogens with one attached hydrogen (secondary N) is 1. The maximum absolute atomic E-state index is 12.7. The minimum Gasteiger partial charge on any atom is -0.354 e. The van der Waals surface area contributed by atoms with E-state index in [1.54, 1.807) is 30.5 Å². The van der Waals surface area contributed by atoms with Crippen molar-refractivity contribution in [1.82, 2.24) is 14.9 Å². The molecule has 0 atom stereocenters. The number of nitrogens with zero attached hydrogens (tertiary/aromatic N) is 2. The highest BCUT2D eigenvalue weighted by atomic mass is 16.2. The Balaban J connectivity index is 1.51. The average molecular weight is 367 g/mol. The van der Waals surface area contributed by atoms with Crippen LogP contribution in [0.25, 0.3) is 22.2 Å². The number of hydrogen-bond donors (Lipinski definition) is 1. The lowest BCUT2D eigenvalue weighted by atomic mass is 10.0. The van der Waals surface area contributed by atoms with Gasteiger partial charge in [0.25, 0.3) is 11.8 Å². The Morgan fingerprint density at radius 3 is 2.29 bits per heavy atom. The Bertz CT molecular complexity index is 1180. The van der Waals surface area contributed by atoms with Crippen molar-refractivity contribution in [2.45, 2.75) is 6.42 Å². The van der Waals surface area contributed by atoms with Crippen LogP contribution in [0.4, 0.5) is 0 Å². The van der Waals surface area contributed by atoms with Crippen LogP contribution in [-0.2, 0) is 6.42 Å². The van der Waals surface area contributed by atoms with Gasteiger partial charge in [0.2, 0.25) is 0 Å². The second-order valence-corrected chi connectivity index (χ2v) is 6.82. The Morgan fingerprint density at radius 1 is 0.857 bits per heavy atom. The third-order valence-corrected chi connectivity index (χ3v) is 5.23. The van der Waals surface area contributed by atoms with E-state index in [2.05, 4.69) is 16.0 Å². The molecule has 2 aromatic heterocycles. The highest BCUT2D eigenvalue weighted by Crippen LogP contribution is 2.31. The van der Waals surface area contributed by atoms with Gasteiger partial charge >= 0.3 is 0 Å². The lowest BCUT2D eigenvalue weighted by molar-refractivity contribution is 0.0656. The van der Waals surface area contributed by atoms with E-state index in [1.807, 2.05) is 36.5 Å². The Kier molecular flexibility index (Phi) is 3.79. The molecule has 0 fully saturated rings. The van der Waals surface area contributed by atoms with Gasteiger partial charge < -0.3 is 4.98 Å². The Labute approximate surface area is 161 Å². The first-order valence-corrected chi connectivity index (χ1v) is 9.19. The lowest BCUT2D eigenvalue weighted by Crippen LogP contribution is -2.31. The largest absolute Gasteiger partial charge is 0.354 e. The number of carbonyl (C=O) groups is 2. The molecule has 5 heteroatoms. The fraction of sp³-hybridized carbons (Fsp3) is 0.0870. The number of aromatic nitrogens is 2. The van der Waals surface area contributed by atoms with Crippen LogP contribution in [0.3, 0.4) is 0 Å². The minimum absolute atomic E-state index is 0.219. The van der Waals surface area contributed by atoms with E-state index in [0.717, 1.165) is 27.7 Å². The molecule has 4 aromatic rings. The molecule has 2 amide bonds. The maximum atomic E-state index is 12.7. The number of imide groups is 1. The van der Waals surface area contributed by atoms with Gasteiger partial charge in [0.1, 0.15) is 0 Å². The van der Waals surface area contributed by atoms with Gasteiger partial charge in [0.05, 0.1) is 16.8 Å². The van der Waals surface area contributed by atoms with E-state index in [9.17, 15) is 9.59 Å². The zero-order chi connectivity index (χ0) is 19.1. The van der Waals surface area contributed by atoms with Gasteiger partial charge in [-0.1, -0.05) is 30.3 Å². The number of benzene rings is 2. The van der Waals surface area contributed by atoms with Crippen LogP contribution < -0.4 is 0 Å². The number of carbonyl (C=O) groups excluding carboxylic acids is 2. The number of hydrogen-bond acceptors (Lipinski definition) is 3. The van der Waals surface area contributed by atoms with E-state index in [0.29, 0.717) is 24.1 Å². The van der Waals surface area contributed by atoms with Crippen LogP contribution in [0.5, 0.6) is 0 Å². The Hall–Kier alpha value is -3.73. The summed E-state index contributed by atoms with van der Waals surface area (Å²) in [7, 11) is 0. The molecule has 5 nitrogen and oxygen atoms in total. The summed E-state index contributed by atoms with van der Waals surface area (Å²) >= 11 is 0. The van der Waals surface area contributed by atoms with Gasteiger partial charge in [-0.25, -0.2) is 0 Å². The van der Waals surface area contributed by atoms with Gasteiger partial charge in [-0.3, -0.25) is 19.5 Å². The Morgan fingerprint density at radius 2 is 1.57 bits per heavy atom. The van der Waals surface area contributed by atoms with Crippen LogP contribution in [0, 0.1) is 0 Å². The molecule has 1 aliphatic heterocycles. The SMILES string of the molecule is O=C1c2ccccc2C(=O)N1CCc1c(-c2cccnc2)[nH]c2ccccc12. The normalized spacial score (nSPS) is 13.4. The fourth-order valence-electron chi connectivity index (χ4n) is 3.88. The van der Waals surface area contributed by atoms with Crippen molar-refractivity contribution in [3.05, 3.63) is 89.7 Å². The standard InChI is InChI=1S/C23H17N3O2/c27-22-18-8-1-2-9-19(18)23(28)26(22)13-11-17-16-7-3-4-10-20(16)25-21(17)15-6-5-12-24-14-15/h1-10,12,14,25H,11,13H2. The smallest absolute Gasteiger partial charge is 0.261 e. The summed E-state index contributed by atoms with van der Waals surface area (Å²) in [5.74, 6) is -0.438. The molecule has 0 aliphatic carbocycles. The molecule has 0 spiro atoms. The van der Waals surface area contributed by atoms with E-state index in [-0.39, 0.29) is 11.8 Å². The van der Waals surface area contributed by atoms with Gasteiger partial charge in [-0.05, 0) is 42.3 Å². The number of fused-ring (bicyclic) bond motifs is 2. The molecule has 28 heavy (non-hydrogen) atoms. The number of H-pyrrole nitrogens is 1. The number of para-hydroxylation sites is 1. The molecule has 1 aliphatic rings. The summed E-state index contributed by atoms with van der Waals surface area (Å²) in [6.07, 6.45) is 4.13. The molecular formula is C23H17N3O2. The molecular weight excluding hydrogens is 350 g/mol. The highest BCUT2D eigenvalue weighted by Gasteiger charge is 2.34. The molecule has 0 saturated carbocycles. The molecule has 0 unspecified atom stereocenters. The summed E-state index contributed by atoms with van der Waals surface area (Å²) in [6.45, 7) is 0.335. The van der Waals surface area contributed by atoms with Crippen LogP contribution in [0.15, 0.2) is 73.1 Å². The van der Waals surface area contributed by atoms with Crippen molar-refractivity contribution >= 4 is 22.7 Å². The third kappa shape index (κ3) is 2.52. The third-order valence-electron chi connectivity index (χ3n) is 5.23. The number of amides is 2. The van der Waals surface area contributed by atoms with Crippen molar-refractivity contribution in [2.75, 3.05) is 6.54 Å². The second-order valence-electron chi connectivity index (χ2n) is 6.82. The molecule has 0 bridgehead atoms. The molecule has 3 heterocycles. The zero-order valence-electron chi connectivity index (χ0n) is 15.1. The van der Waals surface area contributed by atoms with Gasteiger partial charge in [-0.15, -0.1) is 0 Å². The summed E-state index contributed by atoms with van der Waals surface area (Å²) < 4.78 is 0. The lowest BCUT2D eigenvalue weighted by Gasteiger charge is -2.14. The van der Waals surface area contributed by atoms with Crippen LogP contribution in [0.1, 0.15) is 26.3 Å². The molecule has 0 radical (unpaired) electrons. The molecule has 2 aromatic carbocycles. The van der Waals surface area contributed by atoms with Gasteiger partial charge in [-0.2, -0.15) is 0 Å². The van der Waals surface area contributed by atoms with Crippen LogP contribution in [0.2, 0.25) is 0 Å². The zero-order valence-corrected chi connectivity index (χ0v) is 15.1. The van der Waals surface area contributed by atoms with Crippen LogP contribution in [-0.4, -0.2) is 33.2 Å². The summed E-state index contributed by atoms with van der Waals surface area (Å²) in [6, 6.07) is 19.0. The fourth-order valence-corrected chi connectivity index (χ4v) is 3.88. The van der Waals surface area contributed by atoms with Gasteiger partial charge in [0, 0.05) is 35.4 Å². The van der Waals surface area contributed by atoms with E-state index >= 15 is 0 Å². The van der Waals surface area contributed by atoms with Crippen molar-refractivity contribution in [1.29, 1.82) is 0 Å². The second kappa shape index (κ2) is 6.46. The minimum atomic E-state index is -0.219. The van der Waals surface area contributed by atoms with Gasteiger partial charge in [0.15, 0.2) is 0 Å². The summed E-state index contributed by atoms with van der Waals surface area (Å²) in [4.78, 5) is 34.4. The average Bonchev–Trinajstić information content (AvgIpc) is 3.23. The monoisotopic (exact) mass is 367 g/mol. The molecule has 0 saturated heterocycles. The summed E-state index contributed by atoms with van der Waals surface area (Å²) in [5, 5.41) is 1.10. The van der Waals surface area contributed by atoms with Crippen molar-refractivity contribution < 1.29 is 9.59 Å². The van der Waals surface area contributed by atoms with Crippen molar-refractivity contribution in [3.8, 4) is 11.3 Å². The first-order chi connectivity index (χ1) is 13.7. The quantitative estimate of drug-likeness (QED) is 0.553. The first kappa shape index (κ1) is 16.4. The van der Waals surface area contributed by atoms with E-state index in [1.165, 1.54) is 4.90 Å². The molecule has 5 rings (SSSR count). The highest BCUT2D eigenvalue weighted by molar-refractivity contribution is 6.21. The molecule has 136 valence electrons. The van der Waals surface area contributed by atoms with Crippen molar-refractivity contribution in [3.63, 3.8) is 0 Å². The first-order valence-electron chi connectivity index (χ1n) is 9.19. The number of aromatic amines is 1. The van der Waals surface area contributed by atoms with Crippen LogP contribution >= 0.6 is 0 Å². The van der Waals surface area contributed by atoms with E-state index in [4.69, 9.17) is 0 Å². The topological polar surface area (TPSA) is 66.1 Å². The number of pyridine rings is 1. The summed E-state index contributed by atoms with van der Waals surface area (Å²) in [5.41, 5.74) is 5.04. The van der Waals surface area contributed by atoms with E-state index < -0.39 is 0 Å². The number of rotatable bonds is 4. The predicted molar refractivity (Wildman–Crippen MR) is 107 cm³/mol. The maximum Gasteiger partial charge on any atom is 0.261 e. The predicted octanol–water partition coefficient (Wildman–Crippen LogP) is 4.07. The van der Waals surface area contributed by atoms with Crippen molar-refractivity contribution in [2.24, 2.45) is 0 Å². The molecule has 1 N–H and O–H groups in total.